The van der Waals surface area contributed by atoms with Crippen molar-refractivity contribution in [2.45, 2.75) is 47.0 Å². The van der Waals surface area contributed by atoms with Gasteiger partial charge in [-0.2, -0.15) is 0 Å². The molecular weight excluding hydrogens is 132 g/mol. The molecule has 0 unspecified atom stereocenters. The molecule has 0 atom stereocenters. The highest BCUT2D eigenvalue weighted by atomic mass is 14.2. The van der Waals surface area contributed by atoms with Crippen LogP contribution in [-0.4, -0.2) is 0 Å². The monoisotopic (exact) mass is 152 g/mol. The second-order valence-corrected chi connectivity index (χ2v) is 4.01. The average molecular weight is 152 g/mol. The lowest BCUT2D eigenvalue weighted by molar-refractivity contribution is 0.477. The maximum atomic E-state index is 3.72. The Morgan fingerprint density at radius 3 is 2.18 bits per heavy atom. The predicted molar refractivity (Wildman–Crippen MR) is 51.6 cm³/mol. The molecule has 11 heavy (non-hydrogen) atoms. The molecule has 0 heterocycles. The molecule has 0 bridgehead atoms. The van der Waals surface area contributed by atoms with Gasteiger partial charge in [0.05, 0.1) is 0 Å². The van der Waals surface area contributed by atoms with E-state index in [4.69, 9.17) is 0 Å². The van der Waals surface area contributed by atoms with Crippen molar-refractivity contribution in [3.63, 3.8) is 0 Å². The summed E-state index contributed by atoms with van der Waals surface area (Å²) in [6, 6.07) is 0. The molecule has 0 aliphatic rings. The lowest BCUT2D eigenvalue weighted by Crippen LogP contribution is -2.08. The van der Waals surface area contributed by atoms with Gasteiger partial charge in [-0.05, 0) is 23.8 Å². The fourth-order valence-electron chi connectivity index (χ4n) is 1.08. The van der Waals surface area contributed by atoms with E-state index in [-0.39, 0.29) is 5.41 Å². The fraction of sp³-hybridized carbons (Fsp3) is 0.727. The molecule has 0 aromatic carbocycles. The molecular formula is C11H20. The molecule has 0 N–H and O–H groups in total. The largest absolute Gasteiger partial charge is 0.129 e. The van der Waals surface area contributed by atoms with Gasteiger partial charge in [-0.1, -0.05) is 40.7 Å². The Morgan fingerprint density at radius 2 is 1.91 bits per heavy atom. The van der Waals surface area contributed by atoms with Crippen molar-refractivity contribution in [2.24, 2.45) is 5.41 Å². The van der Waals surface area contributed by atoms with Crippen LogP contribution >= 0.6 is 0 Å². The minimum absolute atomic E-state index is 0.261. The van der Waals surface area contributed by atoms with E-state index in [0.29, 0.717) is 0 Å². The molecule has 0 aromatic rings. The van der Waals surface area contributed by atoms with Crippen LogP contribution in [0.1, 0.15) is 47.0 Å². The zero-order chi connectivity index (χ0) is 8.91. The minimum atomic E-state index is 0.261. The SMILES string of the molecule is C=C=C(CCCC)C(C)(C)C. The van der Waals surface area contributed by atoms with Crippen molar-refractivity contribution in [3.8, 4) is 0 Å². The van der Waals surface area contributed by atoms with Gasteiger partial charge in [0.1, 0.15) is 0 Å². The van der Waals surface area contributed by atoms with Crippen LogP contribution in [0.25, 0.3) is 0 Å². The van der Waals surface area contributed by atoms with Crippen LogP contribution in [-0.2, 0) is 0 Å². The van der Waals surface area contributed by atoms with Crippen LogP contribution in [0.3, 0.4) is 0 Å². The molecule has 64 valence electrons. The highest BCUT2D eigenvalue weighted by molar-refractivity contribution is 5.08. The van der Waals surface area contributed by atoms with Crippen molar-refractivity contribution in [1.82, 2.24) is 0 Å². The molecule has 0 nitrogen and oxygen atoms in total. The van der Waals surface area contributed by atoms with Crippen molar-refractivity contribution < 1.29 is 0 Å². The second kappa shape index (κ2) is 4.41. The highest BCUT2D eigenvalue weighted by Gasteiger charge is 2.15. The van der Waals surface area contributed by atoms with Crippen LogP contribution in [0.15, 0.2) is 17.9 Å². The Morgan fingerprint density at radius 1 is 1.36 bits per heavy atom. The number of hydrogen-bond donors (Lipinski definition) is 0. The summed E-state index contributed by atoms with van der Waals surface area (Å²) in [6.45, 7) is 12.6. The highest BCUT2D eigenvalue weighted by Crippen LogP contribution is 2.27. The van der Waals surface area contributed by atoms with Gasteiger partial charge in [-0.15, -0.1) is 5.73 Å². The third-order valence-electron chi connectivity index (χ3n) is 1.90. The van der Waals surface area contributed by atoms with E-state index in [2.05, 4.69) is 40.0 Å². The van der Waals surface area contributed by atoms with Crippen molar-refractivity contribution in [1.29, 1.82) is 0 Å². The van der Waals surface area contributed by atoms with E-state index in [9.17, 15) is 0 Å². The second-order valence-electron chi connectivity index (χ2n) is 4.01. The van der Waals surface area contributed by atoms with Crippen LogP contribution in [0.4, 0.5) is 0 Å². The minimum Gasteiger partial charge on any atom is -0.129 e. The van der Waals surface area contributed by atoms with Gasteiger partial charge in [-0.3, -0.25) is 0 Å². The molecule has 0 fully saturated rings. The summed E-state index contributed by atoms with van der Waals surface area (Å²) in [5.74, 6) is 0. The lowest BCUT2D eigenvalue weighted by atomic mass is 9.84. The number of rotatable bonds is 3. The van der Waals surface area contributed by atoms with E-state index in [0.717, 1.165) is 6.42 Å². The van der Waals surface area contributed by atoms with Crippen molar-refractivity contribution >= 4 is 0 Å². The van der Waals surface area contributed by atoms with Crippen LogP contribution < -0.4 is 0 Å². The third-order valence-corrected chi connectivity index (χ3v) is 1.90. The molecule has 0 rings (SSSR count). The zero-order valence-electron chi connectivity index (χ0n) is 8.33. The van der Waals surface area contributed by atoms with E-state index in [1.165, 1.54) is 18.4 Å². The van der Waals surface area contributed by atoms with Gasteiger partial charge in [0.25, 0.3) is 0 Å². The number of unbranched alkanes of at least 4 members (excludes halogenated alkanes) is 1. The van der Waals surface area contributed by atoms with Crippen LogP contribution in [0.5, 0.6) is 0 Å². The summed E-state index contributed by atoms with van der Waals surface area (Å²) >= 11 is 0. The number of allylic oxidation sites excluding steroid dienone is 1. The molecule has 0 aromatic heterocycles. The summed E-state index contributed by atoms with van der Waals surface area (Å²) in [5, 5.41) is 0. The van der Waals surface area contributed by atoms with E-state index in [1.807, 2.05) is 0 Å². The summed E-state index contributed by atoms with van der Waals surface area (Å²) in [5.41, 5.74) is 4.66. The summed E-state index contributed by atoms with van der Waals surface area (Å²) in [7, 11) is 0. The average Bonchev–Trinajstić information content (AvgIpc) is 1.87. The molecule has 0 saturated heterocycles. The molecule has 0 heteroatoms. The Balaban J connectivity index is 4.10. The Hall–Kier alpha value is -0.480. The maximum absolute atomic E-state index is 3.72. The third kappa shape index (κ3) is 4.06. The zero-order valence-corrected chi connectivity index (χ0v) is 8.33. The first-order valence-electron chi connectivity index (χ1n) is 4.41. The maximum Gasteiger partial charge on any atom is -0.00973 e. The van der Waals surface area contributed by atoms with Gasteiger partial charge >= 0.3 is 0 Å². The first-order valence-corrected chi connectivity index (χ1v) is 4.41. The van der Waals surface area contributed by atoms with E-state index in [1.54, 1.807) is 0 Å². The fourth-order valence-corrected chi connectivity index (χ4v) is 1.08. The van der Waals surface area contributed by atoms with Gasteiger partial charge < -0.3 is 0 Å². The van der Waals surface area contributed by atoms with E-state index >= 15 is 0 Å². The first-order chi connectivity index (χ1) is 5.02. The first kappa shape index (κ1) is 10.5. The Bertz CT molecular complexity index is 151. The Labute approximate surface area is 71.0 Å². The number of hydrogen-bond acceptors (Lipinski definition) is 0. The topological polar surface area (TPSA) is 0 Å². The summed E-state index contributed by atoms with van der Waals surface area (Å²) in [4.78, 5) is 0. The van der Waals surface area contributed by atoms with Gasteiger partial charge in [0.2, 0.25) is 0 Å². The normalized spacial score (nSPS) is 10.9. The molecule has 0 amide bonds. The van der Waals surface area contributed by atoms with Crippen molar-refractivity contribution in [2.75, 3.05) is 0 Å². The Kier molecular flexibility index (Phi) is 4.22. The quantitative estimate of drug-likeness (QED) is 0.537. The van der Waals surface area contributed by atoms with Crippen LogP contribution in [0, 0.1) is 5.41 Å². The standard InChI is InChI=1S/C11H20/c1-6-8-9-10(7-2)11(3,4)5/h2,6,8-9H2,1,3-5H3. The van der Waals surface area contributed by atoms with Gasteiger partial charge in [0.15, 0.2) is 0 Å². The molecule has 0 aliphatic carbocycles. The lowest BCUT2D eigenvalue weighted by Gasteiger charge is -2.20. The molecule has 0 aliphatic heterocycles. The predicted octanol–water partition coefficient (Wildman–Crippen LogP) is 3.93. The molecule has 0 spiro atoms. The van der Waals surface area contributed by atoms with Crippen molar-refractivity contribution in [3.05, 3.63) is 17.9 Å². The van der Waals surface area contributed by atoms with E-state index < -0.39 is 0 Å². The smallest absolute Gasteiger partial charge is 0.00973 e. The summed E-state index contributed by atoms with van der Waals surface area (Å²) < 4.78 is 0. The van der Waals surface area contributed by atoms with Gasteiger partial charge in [-0.25, -0.2) is 0 Å². The summed E-state index contributed by atoms with van der Waals surface area (Å²) in [6.07, 6.45) is 3.67. The van der Waals surface area contributed by atoms with Crippen LogP contribution in [0.2, 0.25) is 0 Å². The molecule has 0 radical (unpaired) electrons. The molecule has 0 saturated carbocycles. The van der Waals surface area contributed by atoms with Gasteiger partial charge in [0, 0.05) is 0 Å².